The van der Waals surface area contributed by atoms with Gasteiger partial charge < -0.3 is 15.4 Å². The molecule has 140 valence electrons. The van der Waals surface area contributed by atoms with Crippen molar-refractivity contribution < 1.29 is 14.3 Å². The first kappa shape index (κ1) is 20.0. The largest absolute Gasteiger partial charge is 0.483 e. The zero-order chi connectivity index (χ0) is 19.9. The minimum atomic E-state index is -0.982. The maximum absolute atomic E-state index is 12.5. The zero-order valence-electron chi connectivity index (χ0n) is 15.7. The molecule has 0 fully saturated rings. The molecule has 6 nitrogen and oxygen atoms in total. The number of benzene rings is 2. The fourth-order valence-electron chi connectivity index (χ4n) is 2.27. The molecule has 2 amide bonds. The van der Waals surface area contributed by atoms with Gasteiger partial charge in [0.05, 0.1) is 11.6 Å². The molecule has 0 spiro atoms. The minimum absolute atomic E-state index is 0.0598. The van der Waals surface area contributed by atoms with Gasteiger partial charge in [-0.2, -0.15) is 5.26 Å². The van der Waals surface area contributed by atoms with Crippen molar-refractivity contribution in [3.63, 3.8) is 0 Å². The summed E-state index contributed by atoms with van der Waals surface area (Å²) in [5.74, 6) is -0.521. The van der Waals surface area contributed by atoms with Crippen molar-refractivity contribution in [2.45, 2.75) is 26.3 Å². The molecule has 2 N–H and O–H groups in total. The number of carbonyl (C=O) groups excluding carboxylic acids is 2. The molecular weight excluding hydrogens is 342 g/mol. The van der Waals surface area contributed by atoms with Crippen molar-refractivity contribution in [1.82, 2.24) is 5.32 Å². The summed E-state index contributed by atoms with van der Waals surface area (Å²) >= 11 is 0. The van der Waals surface area contributed by atoms with E-state index in [1.165, 1.54) is 0 Å². The molecule has 0 aliphatic carbocycles. The zero-order valence-corrected chi connectivity index (χ0v) is 15.7. The highest BCUT2D eigenvalue weighted by Gasteiger charge is 2.30. The smallest absolute Gasteiger partial charge is 0.259 e. The van der Waals surface area contributed by atoms with E-state index in [-0.39, 0.29) is 18.4 Å². The SMILES string of the molecule is CC(C)[C@](C)(C#N)NC(=O)COc1ccccc1C(=O)Nc1ccccc1. The van der Waals surface area contributed by atoms with Crippen LogP contribution in [0.2, 0.25) is 0 Å². The summed E-state index contributed by atoms with van der Waals surface area (Å²) in [4.78, 5) is 24.7. The maximum atomic E-state index is 12.5. The van der Waals surface area contributed by atoms with Crippen LogP contribution < -0.4 is 15.4 Å². The van der Waals surface area contributed by atoms with Gasteiger partial charge in [-0.05, 0) is 37.1 Å². The van der Waals surface area contributed by atoms with Crippen molar-refractivity contribution in [2.24, 2.45) is 5.92 Å². The van der Waals surface area contributed by atoms with Gasteiger partial charge in [-0.3, -0.25) is 9.59 Å². The van der Waals surface area contributed by atoms with E-state index in [0.717, 1.165) is 0 Å². The summed E-state index contributed by atoms with van der Waals surface area (Å²) in [6.45, 7) is 5.08. The van der Waals surface area contributed by atoms with E-state index in [1.807, 2.05) is 32.0 Å². The maximum Gasteiger partial charge on any atom is 0.259 e. The third-order valence-corrected chi connectivity index (χ3v) is 4.31. The van der Waals surface area contributed by atoms with Crippen molar-refractivity contribution >= 4 is 17.5 Å². The standard InChI is InChI=1S/C21H23N3O3/c1-15(2)21(3,14-22)24-19(25)13-27-18-12-8-7-11-17(18)20(26)23-16-9-5-4-6-10-16/h4-12,15H,13H2,1-3H3,(H,23,26)(H,24,25)/t21-/m0/s1. The van der Waals surface area contributed by atoms with Crippen LogP contribution in [0.1, 0.15) is 31.1 Å². The second kappa shape index (κ2) is 8.86. The van der Waals surface area contributed by atoms with E-state index in [0.29, 0.717) is 17.0 Å². The Hall–Kier alpha value is -3.33. The van der Waals surface area contributed by atoms with Crippen LogP contribution in [0.3, 0.4) is 0 Å². The van der Waals surface area contributed by atoms with Gasteiger partial charge in [0, 0.05) is 5.69 Å². The number of carbonyl (C=O) groups is 2. The number of hydrogen-bond donors (Lipinski definition) is 2. The molecule has 0 saturated carbocycles. The lowest BCUT2D eigenvalue weighted by molar-refractivity contribution is -0.124. The van der Waals surface area contributed by atoms with Gasteiger partial charge in [0.2, 0.25) is 0 Å². The highest BCUT2D eigenvalue weighted by Crippen LogP contribution is 2.20. The fraction of sp³-hybridized carbons (Fsp3) is 0.286. The number of hydrogen-bond acceptors (Lipinski definition) is 4. The average Bonchev–Trinajstić information content (AvgIpc) is 2.67. The molecule has 2 aromatic rings. The molecule has 0 aliphatic rings. The van der Waals surface area contributed by atoms with Gasteiger partial charge in [0.1, 0.15) is 11.3 Å². The van der Waals surface area contributed by atoms with Gasteiger partial charge in [0.25, 0.3) is 11.8 Å². The van der Waals surface area contributed by atoms with Crippen LogP contribution >= 0.6 is 0 Å². The van der Waals surface area contributed by atoms with Crippen molar-refractivity contribution in [3.8, 4) is 11.8 Å². The molecule has 0 radical (unpaired) electrons. The topological polar surface area (TPSA) is 91.2 Å². The Kier molecular flexibility index (Phi) is 6.56. The molecule has 0 aliphatic heterocycles. The average molecular weight is 365 g/mol. The lowest BCUT2D eigenvalue weighted by atomic mass is 9.90. The van der Waals surface area contributed by atoms with Crippen molar-refractivity contribution in [3.05, 3.63) is 60.2 Å². The van der Waals surface area contributed by atoms with Crippen LogP contribution in [0, 0.1) is 17.2 Å². The molecule has 0 aromatic heterocycles. The monoisotopic (exact) mass is 365 g/mol. The molecule has 27 heavy (non-hydrogen) atoms. The third-order valence-electron chi connectivity index (χ3n) is 4.31. The highest BCUT2D eigenvalue weighted by atomic mass is 16.5. The molecule has 0 heterocycles. The number of nitriles is 1. The molecule has 6 heteroatoms. The number of amides is 2. The van der Waals surface area contributed by atoms with Crippen LogP contribution in [0.15, 0.2) is 54.6 Å². The predicted octanol–water partition coefficient (Wildman–Crippen LogP) is 3.37. The summed E-state index contributed by atoms with van der Waals surface area (Å²) < 4.78 is 5.55. The Labute approximate surface area is 159 Å². The lowest BCUT2D eigenvalue weighted by Gasteiger charge is -2.27. The number of anilines is 1. The Bertz CT molecular complexity index is 843. The summed E-state index contributed by atoms with van der Waals surface area (Å²) in [5, 5.41) is 14.8. The van der Waals surface area contributed by atoms with Crippen LogP contribution in [0.4, 0.5) is 5.69 Å². The third kappa shape index (κ3) is 5.32. The summed E-state index contributed by atoms with van der Waals surface area (Å²) in [5.41, 5.74) is 0.00259. The predicted molar refractivity (Wildman–Crippen MR) is 103 cm³/mol. The molecule has 0 saturated heterocycles. The van der Waals surface area contributed by atoms with Gasteiger partial charge in [-0.25, -0.2) is 0 Å². The van der Waals surface area contributed by atoms with Crippen molar-refractivity contribution in [1.29, 1.82) is 5.26 Å². The quantitative estimate of drug-likeness (QED) is 0.787. The molecular formula is C21H23N3O3. The van der Waals surface area contributed by atoms with E-state index in [4.69, 9.17) is 4.74 Å². The number of rotatable bonds is 7. The highest BCUT2D eigenvalue weighted by molar-refractivity contribution is 6.06. The minimum Gasteiger partial charge on any atom is -0.483 e. The second-order valence-electron chi connectivity index (χ2n) is 6.62. The normalized spacial score (nSPS) is 12.6. The number of para-hydroxylation sites is 2. The van der Waals surface area contributed by atoms with Crippen LogP contribution in [-0.2, 0) is 4.79 Å². The summed E-state index contributed by atoms with van der Waals surface area (Å²) in [7, 11) is 0. The van der Waals surface area contributed by atoms with E-state index in [2.05, 4.69) is 16.7 Å². The van der Waals surface area contributed by atoms with Gasteiger partial charge in [-0.15, -0.1) is 0 Å². The summed E-state index contributed by atoms with van der Waals surface area (Å²) in [6, 6.07) is 17.9. The van der Waals surface area contributed by atoms with E-state index in [1.54, 1.807) is 43.3 Å². The molecule has 1 atom stereocenters. The van der Waals surface area contributed by atoms with E-state index < -0.39 is 11.4 Å². The fourth-order valence-corrected chi connectivity index (χ4v) is 2.27. The number of nitrogens with one attached hydrogen (secondary N) is 2. The van der Waals surface area contributed by atoms with Crippen LogP contribution in [0.5, 0.6) is 5.75 Å². The van der Waals surface area contributed by atoms with Gasteiger partial charge >= 0.3 is 0 Å². The van der Waals surface area contributed by atoms with Gasteiger partial charge in [0.15, 0.2) is 6.61 Å². The Morgan fingerprint density at radius 3 is 2.37 bits per heavy atom. The first-order valence-electron chi connectivity index (χ1n) is 8.66. The Morgan fingerprint density at radius 1 is 1.11 bits per heavy atom. The second-order valence-corrected chi connectivity index (χ2v) is 6.62. The molecule has 0 unspecified atom stereocenters. The van der Waals surface area contributed by atoms with Crippen LogP contribution in [-0.4, -0.2) is 24.0 Å². The van der Waals surface area contributed by atoms with E-state index >= 15 is 0 Å². The van der Waals surface area contributed by atoms with E-state index in [9.17, 15) is 14.9 Å². The summed E-state index contributed by atoms with van der Waals surface area (Å²) in [6.07, 6.45) is 0. The molecule has 2 aromatic carbocycles. The van der Waals surface area contributed by atoms with Crippen LogP contribution in [0.25, 0.3) is 0 Å². The first-order chi connectivity index (χ1) is 12.9. The number of ether oxygens (including phenoxy) is 1. The molecule has 2 rings (SSSR count). The first-order valence-corrected chi connectivity index (χ1v) is 8.66. The number of nitrogens with zero attached hydrogens (tertiary/aromatic N) is 1. The lowest BCUT2D eigenvalue weighted by Crippen LogP contribution is -2.50. The molecule has 0 bridgehead atoms. The Balaban J connectivity index is 2.05. The van der Waals surface area contributed by atoms with Gasteiger partial charge in [-0.1, -0.05) is 44.2 Å². The van der Waals surface area contributed by atoms with Crippen molar-refractivity contribution in [2.75, 3.05) is 11.9 Å². The Morgan fingerprint density at radius 2 is 1.74 bits per heavy atom.